The van der Waals surface area contributed by atoms with Gasteiger partial charge in [-0.05, 0) is 40.7 Å². The first-order valence-electron chi connectivity index (χ1n) is 4.70. The van der Waals surface area contributed by atoms with Crippen molar-refractivity contribution in [2.45, 2.75) is 27.3 Å². The highest BCUT2D eigenvalue weighted by Crippen LogP contribution is 2.18. The summed E-state index contributed by atoms with van der Waals surface area (Å²) in [5.41, 5.74) is 0.839. The Morgan fingerprint density at radius 2 is 2.20 bits per heavy atom. The topological polar surface area (TPSA) is 34.9 Å². The lowest BCUT2D eigenvalue weighted by Gasteiger charge is -2.22. The molecule has 0 spiro atoms. The molecule has 0 saturated carbocycles. The van der Waals surface area contributed by atoms with E-state index in [1.165, 1.54) is 0 Å². The second-order valence-electron chi connectivity index (χ2n) is 4.40. The van der Waals surface area contributed by atoms with Crippen molar-refractivity contribution in [2.24, 2.45) is 5.41 Å². The summed E-state index contributed by atoms with van der Waals surface area (Å²) in [6, 6.07) is 0. The average molecular weight is 338 g/mol. The van der Waals surface area contributed by atoms with E-state index in [1.807, 2.05) is 29.5 Å². The first kappa shape index (κ1) is 13.0. The number of rotatable bonds is 3. The van der Waals surface area contributed by atoms with Gasteiger partial charge in [-0.15, -0.1) is 0 Å². The van der Waals surface area contributed by atoms with Crippen LogP contribution in [0.5, 0.6) is 0 Å². The van der Waals surface area contributed by atoms with Crippen LogP contribution in [0.3, 0.4) is 0 Å². The van der Waals surface area contributed by atoms with Gasteiger partial charge in [0.05, 0.1) is 15.6 Å². The minimum Gasteiger partial charge on any atom is -0.298 e. The van der Waals surface area contributed by atoms with E-state index < -0.39 is 0 Å². The molecule has 15 heavy (non-hydrogen) atoms. The summed E-state index contributed by atoms with van der Waals surface area (Å²) in [7, 11) is 0. The van der Waals surface area contributed by atoms with E-state index in [0.29, 0.717) is 10.1 Å². The Labute approximate surface area is 109 Å². The summed E-state index contributed by atoms with van der Waals surface area (Å²) in [4.78, 5) is 16.1. The maximum Gasteiger partial charge on any atom is 0.267 e. The SMILES string of the molecule is Cc1ncn(CC(C)(C)CS)c(=O)c1I. The van der Waals surface area contributed by atoms with Gasteiger partial charge in [0.25, 0.3) is 5.56 Å². The lowest BCUT2D eigenvalue weighted by molar-refractivity contribution is 0.344. The van der Waals surface area contributed by atoms with Gasteiger partial charge in [0, 0.05) is 6.54 Å². The van der Waals surface area contributed by atoms with E-state index >= 15 is 0 Å². The minimum absolute atomic E-state index is 0.00690. The van der Waals surface area contributed by atoms with E-state index in [9.17, 15) is 4.79 Å². The lowest BCUT2D eigenvalue weighted by Crippen LogP contribution is -2.31. The Bertz CT molecular complexity index is 414. The van der Waals surface area contributed by atoms with Gasteiger partial charge in [-0.3, -0.25) is 9.36 Å². The van der Waals surface area contributed by atoms with Crippen LogP contribution in [0.2, 0.25) is 0 Å². The predicted molar refractivity (Wildman–Crippen MR) is 73.6 cm³/mol. The molecule has 3 nitrogen and oxygen atoms in total. The molecule has 0 N–H and O–H groups in total. The molecular formula is C10H15IN2OS. The van der Waals surface area contributed by atoms with Gasteiger partial charge in [-0.2, -0.15) is 12.6 Å². The van der Waals surface area contributed by atoms with Crippen molar-refractivity contribution in [3.05, 3.63) is 25.9 Å². The van der Waals surface area contributed by atoms with Crippen LogP contribution in [0, 0.1) is 15.9 Å². The number of thiol groups is 1. The third-order valence-electron chi connectivity index (χ3n) is 2.18. The van der Waals surface area contributed by atoms with Crippen LogP contribution in [0.4, 0.5) is 0 Å². The molecule has 0 aliphatic rings. The molecule has 0 radical (unpaired) electrons. The summed E-state index contributed by atoms with van der Waals surface area (Å²) in [6.07, 6.45) is 1.62. The molecule has 0 aliphatic carbocycles. The van der Waals surface area contributed by atoms with Crippen molar-refractivity contribution in [3.8, 4) is 0 Å². The molecule has 0 atom stereocenters. The summed E-state index contributed by atoms with van der Waals surface area (Å²) in [5, 5.41) is 0. The first-order valence-corrected chi connectivity index (χ1v) is 6.41. The smallest absolute Gasteiger partial charge is 0.267 e. The van der Waals surface area contributed by atoms with E-state index in [4.69, 9.17) is 0 Å². The number of hydrogen-bond acceptors (Lipinski definition) is 3. The molecular weight excluding hydrogens is 323 g/mol. The Kier molecular flexibility index (Phi) is 4.22. The minimum atomic E-state index is 0.00690. The van der Waals surface area contributed by atoms with Crippen molar-refractivity contribution < 1.29 is 0 Å². The van der Waals surface area contributed by atoms with Crippen LogP contribution in [-0.2, 0) is 6.54 Å². The van der Waals surface area contributed by atoms with Crippen LogP contribution >= 0.6 is 35.2 Å². The van der Waals surface area contributed by atoms with E-state index in [0.717, 1.165) is 11.4 Å². The number of aryl methyl sites for hydroxylation is 1. The fourth-order valence-corrected chi connectivity index (χ4v) is 1.72. The van der Waals surface area contributed by atoms with Gasteiger partial charge >= 0.3 is 0 Å². The van der Waals surface area contributed by atoms with Crippen LogP contribution < -0.4 is 5.56 Å². The number of nitrogens with zero attached hydrogens (tertiary/aromatic N) is 2. The Morgan fingerprint density at radius 1 is 1.60 bits per heavy atom. The number of hydrogen-bond donors (Lipinski definition) is 1. The zero-order valence-electron chi connectivity index (χ0n) is 9.12. The second-order valence-corrected chi connectivity index (χ2v) is 5.79. The van der Waals surface area contributed by atoms with Crippen LogP contribution in [0.15, 0.2) is 11.1 Å². The third-order valence-corrected chi connectivity index (χ3v) is 4.28. The van der Waals surface area contributed by atoms with Crippen molar-refractivity contribution in [1.29, 1.82) is 0 Å². The highest BCUT2D eigenvalue weighted by molar-refractivity contribution is 14.1. The van der Waals surface area contributed by atoms with Gasteiger partial charge < -0.3 is 0 Å². The van der Waals surface area contributed by atoms with Crippen molar-refractivity contribution >= 4 is 35.2 Å². The average Bonchev–Trinajstić information content (AvgIpc) is 2.19. The van der Waals surface area contributed by atoms with E-state index in [1.54, 1.807) is 10.9 Å². The molecule has 0 bridgehead atoms. The Balaban J connectivity index is 3.08. The van der Waals surface area contributed by atoms with Crippen LogP contribution in [0.1, 0.15) is 19.5 Å². The molecule has 0 unspecified atom stereocenters. The standard InChI is InChI=1S/C10H15IN2OS/c1-7-8(11)9(14)13(6-12-7)4-10(2,3)5-15/h6,15H,4-5H2,1-3H3. The zero-order chi connectivity index (χ0) is 11.6. The Morgan fingerprint density at radius 3 is 2.73 bits per heavy atom. The number of halogens is 1. The summed E-state index contributed by atoms with van der Waals surface area (Å²) < 4.78 is 2.36. The number of aromatic nitrogens is 2. The predicted octanol–water partition coefficient (Wildman–Crippen LogP) is 2.11. The fraction of sp³-hybridized carbons (Fsp3) is 0.600. The van der Waals surface area contributed by atoms with Gasteiger partial charge in [-0.25, -0.2) is 4.98 Å². The van der Waals surface area contributed by atoms with E-state index in [2.05, 4.69) is 31.5 Å². The molecule has 0 aliphatic heterocycles. The quantitative estimate of drug-likeness (QED) is 0.677. The molecule has 1 aromatic rings. The molecule has 0 saturated heterocycles. The third kappa shape index (κ3) is 3.21. The highest BCUT2D eigenvalue weighted by atomic mass is 127. The normalized spacial score (nSPS) is 11.8. The zero-order valence-corrected chi connectivity index (χ0v) is 12.2. The molecule has 1 aromatic heterocycles. The largest absolute Gasteiger partial charge is 0.298 e. The lowest BCUT2D eigenvalue weighted by atomic mass is 9.96. The molecule has 84 valence electrons. The van der Waals surface area contributed by atoms with E-state index in [-0.39, 0.29) is 11.0 Å². The molecule has 0 amide bonds. The maximum absolute atomic E-state index is 11.9. The van der Waals surface area contributed by atoms with Gasteiger partial charge in [0.2, 0.25) is 0 Å². The molecule has 0 fully saturated rings. The van der Waals surface area contributed by atoms with Crippen molar-refractivity contribution in [3.63, 3.8) is 0 Å². The molecule has 1 heterocycles. The summed E-state index contributed by atoms with van der Waals surface area (Å²) in [6.45, 7) is 6.66. The second kappa shape index (κ2) is 4.86. The molecule has 0 aromatic carbocycles. The van der Waals surface area contributed by atoms with Gasteiger partial charge in [-0.1, -0.05) is 13.8 Å². The monoisotopic (exact) mass is 338 g/mol. The fourth-order valence-electron chi connectivity index (χ4n) is 1.17. The maximum atomic E-state index is 11.9. The summed E-state index contributed by atoms with van der Waals surface area (Å²) >= 11 is 6.32. The summed E-state index contributed by atoms with van der Waals surface area (Å²) in [5.74, 6) is 0.740. The molecule has 5 heteroatoms. The van der Waals surface area contributed by atoms with Crippen LogP contribution in [-0.4, -0.2) is 15.3 Å². The molecule has 1 rings (SSSR count). The van der Waals surface area contributed by atoms with Crippen molar-refractivity contribution in [1.82, 2.24) is 9.55 Å². The van der Waals surface area contributed by atoms with Crippen LogP contribution in [0.25, 0.3) is 0 Å². The Hall–Kier alpha value is -0.0400. The first-order chi connectivity index (χ1) is 6.87. The highest BCUT2D eigenvalue weighted by Gasteiger charge is 2.18. The van der Waals surface area contributed by atoms with Gasteiger partial charge in [0.15, 0.2) is 0 Å². The van der Waals surface area contributed by atoms with Crippen molar-refractivity contribution in [2.75, 3.05) is 5.75 Å². The van der Waals surface area contributed by atoms with Gasteiger partial charge in [0.1, 0.15) is 0 Å².